The molecular formula is C44H32N2S2. The summed E-state index contributed by atoms with van der Waals surface area (Å²) in [6, 6.07) is 37.3. The Kier molecular flexibility index (Phi) is 5.29. The van der Waals surface area contributed by atoms with Crippen LogP contribution in [-0.4, -0.2) is 9.13 Å². The summed E-state index contributed by atoms with van der Waals surface area (Å²) in [6.07, 6.45) is 1.99. The maximum atomic E-state index is 2.58. The van der Waals surface area contributed by atoms with Gasteiger partial charge in [-0.15, -0.1) is 22.7 Å². The summed E-state index contributed by atoms with van der Waals surface area (Å²) in [6.45, 7) is 8.77. The van der Waals surface area contributed by atoms with E-state index < -0.39 is 0 Å². The monoisotopic (exact) mass is 652 g/mol. The minimum absolute atomic E-state index is 0.995. The molecule has 5 aromatic carbocycles. The van der Waals surface area contributed by atoms with Crippen molar-refractivity contribution >= 4 is 63.3 Å². The van der Waals surface area contributed by atoms with Crippen molar-refractivity contribution in [3.8, 4) is 33.9 Å². The highest BCUT2D eigenvalue weighted by molar-refractivity contribution is 7.27. The second-order valence-corrected chi connectivity index (χ2v) is 16.2. The number of hydrogen-bond acceptors (Lipinski definition) is 2. The lowest BCUT2D eigenvalue weighted by atomic mass is 10.1. The molecule has 2 aliphatic carbocycles. The van der Waals surface area contributed by atoms with Gasteiger partial charge in [-0.2, -0.15) is 0 Å². The maximum Gasteiger partial charge on any atom is 0.0725 e. The molecule has 0 unspecified atom stereocenters. The van der Waals surface area contributed by atoms with E-state index in [1.165, 1.54) is 119 Å². The second kappa shape index (κ2) is 9.37. The first-order valence-electron chi connectivity index (χ1n) is 16.8. The van der Waals surface area contributed by atoms with Gasteiger partial charge >= 0.3 is 0 Å². The molecule has 0 saturated heterocycles. The number of benzene rings is 5. The number of aryl methyl sites for hydroxylation is 4. The number of hydrogen-bond donors (Lipinski definition) is 0. The number of aromatic nitrogens is 2. The zero-order valence-corrected chi connectivity index (χ0v) is 29.0. The molecule has 0 saturated carbocycles. The predicted octanol–water partition coefficient (Wildman–Crippen LogP) is 12.4. The molecule has 4 heteroatoms. The third-order valence-corrected chi connectivity index (χ3v) is 13.2. The van der Waals surface area contributed by atoms with Crippen molar-refractivity contribution in [2.24, 2.45) is 0 Å². The van der Waals surface area contributed by atoms with Gasteiger partial charge in [-0.3, -0.25) is 0 Å². The van der Waals surface area contributed by atoms with E-state index in [1.807, 2.05) is 22.7 Å². The van der Waals surface area contributed by atoms with E-state index in [2.05, 4.69) is 134 Å². The fourth-order valence-corrected chi connectivity index (χ4v) is 11.1. The molecule has 0 fully saturated rings. The summed E-state index contributed by atoms with van der Waals surface area (Å²) in [5.74, 6) is 0. The number of nitrogens with zero attached hydrogens (tertiary/aromatic N) is 2. The molecule has 11 rings (SSSR count). The molecule has 4 aromatic heterocycles. The topological polar surface area (TPSA) is 9.86 Å². The Labute approximate surface area is 287 Å². The first-order chi connectivity index (χ1) is 23.4. The highest BCUT2D eigenvalue weighted by atomic mass is 32.1. The van der Waals surface area contributed by atoms with Crippen LogP contribution >= 0.6 is 22.7 Å². The Hall–Kier alpha value is -4.90. The van der Waals surface area contributed by atoms with Crippen LogP contribution < -0.4 is 0 Å². The van der Waals surface area contributed by atoms with Crippen LogP contribution in [0.5, 0.6) is 0 Å². The number of thiophene rings is 2. The molecule has 2 aliphatic rings. The van der Waals surface area contributed by atoms with E-state index in [1.54, 1.807) is 0 Å². The molecule has 0 aliphatic heterocycles. The highest BCUT2D eigenvalue weighted by Crippen LogP contribution is 2.53. The van der Waals surface area contributed by atoms with Crippen LogP contribution in [0.2, 0.25) is 0 Å². The number of rotatable bonds is 2. The van der Waals surface area contributed by atoms with Crippen molar-refractivity contribution in [3.63, 3.8) is 0 Å². The van der Waals surface area contributed by atoms with Crippen molar-refractivity contribution in [1.29, 1.82) is 0 Å². The normalized spacial score (nSPS) is 13.2. The van der Waals surface area contributed by atoms with Gasteiger partial charge in [0.1, 0.15) is 0 Å². The Balaban J connectivity index is 1.23. The first kappa shape index (κ1) is 27.1. The van der Waals surface area contributed by atoms with Gasteiger partial charge in [0.05, 0.1) is 31.8 Å². The largest absolute Gasteiger partial charge is 0.307 e. The van der Waals surface area contributed by atoms with Crippen LogP contribution in [0.15, 0.2) is 97.1 Å². The van der Waals surface area contributed by atoms with Crippen LogP contribution in [0.1, 0.15) is 44.5 Å². The van der Waals surface area contributed by atoms with Gasteiger partial charge in [0.2, 0.25) is 0 Å². The SMILES string of the molecule is Cc1ccc(-n2c3c(c4sc5cc6c(cc5c42)sc2c4c(n(-c5ccc(C)cc5)c26)-c2ccc(C)cc2C4)Cc2cc(C)ccc2-3)cc1. The molecule has 48 heavy (non-hydrogen) atoms. The molecule has 0 bridgehead atoms. The van der Waals surface area contributed by atoms with E-state index in [-0.39, 0.29) is 0 Å². The maximum absolute atomic E-state index is 2.58. The second-order valence-electron chi connectivity index (χ2n) is 14.1. The van der Waals surface area contributed by atoms with Gasteiger partial charge in [-0.05, 0) is 75.2 Å². The van der Waals surface area contributed by atoms with Crippen molar-refractivity contribution in [2.75, 3.05) is 0 Å². The van der Waals surface area contributed by atoms with E-state index in [9.17, 15) is 0 Å². The minimum Gasteiger partial charge on any atom is -0.307 e. The Bertz CT molecular complexity index is 2650. The van der Waals surface area contributed by atoms with Gasteiger partial charge in [0.15, 0.2) is 0 Å². The molecule has 0 N–H and O–H groups in total. The molecule has 0 radical (unpaired) electrons. The van der Waals surface area contributed by atoms with E-state index >= 15 is 0 Å². The van der Waals surface area contributed by atoms with Crippen LogP contribution in [0.25, 0.3) is 74.5 Å². The molecule has 0 amide bonds. The van der Waals surface area contributed by atoms with Crippen LogP contribution in [0.4, 0.5) is 0 Å². The summed E-state index contributed by atoms with van der Waals surface area (Å²) in [7, 11) is 0. The third kappa shape index (κ3) is 3.52. The third-order valence-electron chi connectivity index (χ3n) is 10.8. The van der Waals surface area contributed by atoms with E-state index in [0.717, 1.165) is 12.8 Å². The molecule has 9 aromatic rings. The zero-order valence-electron chi connectivity index (χ0n) is 27.4. The molecule has 0 atom stereocenters. The zero-order chi connectivity index (χ0) is 32.0. The van der Waals surface area contributed by atoms with Gasteiger partial charge < -0.3 is 9.13 Å². The van der Waals surface area contributed by atoms with E-state index in [0.29, 0.717) is 0 Å². The fourth-order valence-electron chi connectivity index (χ4n) is 8.60. The van der Waals surface area contributed by atoms with Crippen molar-refractivity contribution < 1.29 is 0 Å². The summed E-state index contributed by atoms with van der Waals surface area (Å²) in [4.78, 5) is 0. The highest BCUT2D eigenvalue weighted by Gasteiger charge is 2.32. The lowest BCUT2D eigenvalue weighted by molar-refractivity contribution is 1.13. The molecule has 4 heterocycles. The average molecular weight is 653 g/mol. The fraction of sp³-hybridized carbons (Fsp3) is 0.136. The van der Waals surface area contributed by atoms with Crippen molar-refractivity contribution in [3.05, 3.63) is 142 Å². The van der Waals surface area contributed by atoms with E-state index in [4.69, 9.17) is 0 Å². The van der Waals surface area contributed by atoms with Gasteiger partial charge in [-0.25, -0.2) is 0 Å². The first-order valence-corrected chi connectivity index (χ1v) is 18.5. The summed E-state index contributed by atoms with van der Waals surface area (Å²) in [5.41, 5.74) is 21.8. The van der Waals surface area contributed by atoms with Gasteiger partial charge in [0, 0.05) is 66.6 Å². The predicted molar refractivity (Wildman–Crippen MR) is 206 cm³/mol. The van der Waals surface area contributed by atoms with Crippen LogP contribution in [-0.2, 0) is 12.8 Å². The van der Waals surface area contributed by atoms with Gasteiger partial charge in [0.25, 0.3) is 0 Å². The summed E-state index contributed by atoms with van der Waals surface area (Å²) < 4.78 is 10.8. The molecule has 230 valence electrons. The lowest BCUT2D eigenvalue weighted by Crippen LogP contribution is -1.97. The number of fused-ring (bicyclic) bond motifs is 14. The Morgan fingerprint density at radius 1 is 0.458 bits per heavy atom. The minimum atomic E-state index is 0.995. The van der Waals surface area contributed by atoms with Crippen molar-refractivity contribution in [2.45, 2.75) is 40.5 Å². The smallest absolute Gasteiger partial charge is 0.0725 e. The molecule has 0 spiro atoms. The Morgan fingerprint density at radius 2 is 0.854 bits per heavy atom. The van der Waals surface area contributed by atoms with Crippen LogP contribution in [0.3, 0.4) is 0 Å². The molecule has 2 nitrogen and oxygen atoms in total. The standard InChI is InChI=1S/C44H32N2S2/c1-23-5-11-29(12-6-23)45-39-31-15-9-25(3)17-27(31)19-35(39)43-41(45)33-21-38-34(22-37(33)47-43)42-44(48-38)36-20-28-18-26(4)10-16-32(28)40(36)46(42)30-13-7-24(2)8-14-30/h5-18,21-22H,19-20H2,1-4H3. The molecular weight excluding hydrogens is 621 g/mol. The summed E-state index contributed by atoms with van der Waals surface area (Å²) in [5, 5.41) is 2.74. The van der Waals surface area contributed by atoms with Crippen LogP contribution in [0, 0.1) is 27.7 Å². The lowest BCUT2D eigenvalue weighted by Gasteiger charge is -2.13. The average Bonchev–Trinajstić information content (AvgIpc) is 3.89. The quantitative estimate of drug-likeness (QED) is 0.176. The van der Waals surface area contributed by atoms with Gasteiger partial charge in [-0.1, -0.05) is 82.9 Å². The summed E-state index contributed by atoms with van der Waals surface area (Å²) >= 11 is 3.97. The Morgan fingerprint density at radius 3 is 1.27 bits per heavy atom. The van der Waals surface area contributed by atoms with Crippen molar-refractivity contribution in [1.82, 2.24) is 9.13 Å².